The molecule has 36 heavy (non-hydrogen) atoms. The molecule has 194 valence electrons. The Morgan fingerprint density at radius 1 is 0.833 bits per heavy atom. The lowest BCUT2D eigenvalue weighted by molar-refractivity contribution is -0.210. The summed E-state index contributed by atoms with van der Waals surface area (Å²) in [5.74, 6) is -2.68. The van der Waals surface area contributed by atoms with Crippen molar-refractivity contribution in [3.8, 4) is 0 Å². The highest BCUT2D eigenvalue weighted by molar-refractivity contribution is 5.91. The van der Waals surface area contributed by atoms with Gasteiger partial charge >= 0.3 is 11.9 Å². The molecule has 2 aliphatic heterocycles. The molecule has 4 saturated carbocycles. The number of aliphatic hydroxyl groups excluding tert-OH is 2. The molecular weight excluding hydrogens is 460 g/mol. The van der Waals surface area contributed by atoms with E-state index in [0.717, 1.165) is 24.0 Å². The van der Waals surface area contributed by atoms with E-state index in [9.17, 15) is 24.9 Å². The second-order valence-corrected chi connectivity index (χ2v) is 12.2. The van der Waals surface area contributed by atoms with Crippen molar-refractivity contribution in [1.29, 1.82) is 0 Å². The summed E-state index contributed by atoms with van der Waals surface area (Å²) in [5.41, 5.74) is 0.504. The summed E-state index contributed by atoms with van der Waals surface area (Å²) in [4.78, 5) is 25.3. The molecule has 6 fully saturated rings. The van der Waals surface area contributed by atoms with Gasteiger partial charge in [0.05, 0.1) is 18.3 Å². The molecule has 3 N–H and O–H groups in total. The lowest BCUT2D eigenvalue weighted by atomic mass is 9.48. The van der Waals surface area contributed by atoms with Gasteiger partial charge in [0, 0.05) is 40.2 Å². The highest BCUT2D eigenvalue weighted by Crippen LogP contribution is 2.69. The zero-order chi connectivity index (χ0) is 25.7. The third kappa shape index (κ3) is 2.91. The zero-order valence-electron chi connectivity index (χ0n) is 20.7. The van der Waals surface area contributed by atoms with Crippen LogP contribution in [0.15, 0.2) is 48.6 Å². The van der Waals surface area contributed by atoms with Gasteiger partial charge in [-0.25, -0.2) is 9.59 Å². The fraction of sp³-hybridized carbons (Fsp3) is 0.655. The fourth-order valence-electron chi connectivity index (χ4n) is 9.23. The Morgan fingerprint density at radius 3 is 1.97 bits per heavy atom. The highest BCUT2D eigenvalue weighted by Gasteiger charge is 2.72. The van der Waals surface area contributed by atoms with Crippen molar-refractivity contribution in [3.05, 3.63) is 48.6 Å². The lowest BCUT2D eigenvalue weighted by Crippen LogP contribution is -2.64. The monoisotopic (exact) mass is 496 g/mol. The number of aliphatic hydroxyl groups is 3. The Kier molecular flexibility index (Phi) is 5.29. The molecule has 7 nitrogen and oxygen atoms in total. The molecule has 6 rings (SSSR count). The van der Waals surface area contributed by atoms with Crippen LogP contribution in [0.2, 0.25) is 0 Å². The topological polar surface area (TPSA) is 113 Å². The van der Waals surface area contributed by atoms with Crippen LogP contribution in [0, 0.1) is 40.9 Å². The average molecular weight is 497 g/mol. The Bertz CT molecular complexity index is 1090. The van der Waals surface area contributed by atoms with Crippen molar-refractivity contribution in [2.75, 3.05) is 6.61 Å². The molecule has 0 aromatic heterocycles. The number of carbonyl (C=O) groups excluding carboxylic acids is 2. The van der Waals surface area contributed by atoms with Gasteiger partial charge < -0.3 is 24.8 Å². The number of rotatable bonds is 1. The number of fused-ring (bicyclic) bond motifs is 8. The first-order chi connectivity index (χ1) is 17.0. The van der Waals surface area contributed by atoms with E-state index >= 15 is 0 Å². The molecular formula is C29H36O7. The van der Waals surface area contributed by atoms with E-state index in [-0.39, 0.29) is 36.1 Å². The van der Waals surface area contributed by atoms with Crippen molar-refractivity contribution in [2.24, 2.45) is 40.9 Å². The predicted molar refractivity (Wildman–Crippen MR) is 130 cm³/mol. The van der Waals surface area contributed by atoms with Crippen LogP contribution in [0.4, 0.5) is 0 Å². The first-order valence-electron chi connectivity index (χ1n) is 13.2. The molecule has 0 aromatic carbocycles. The largest absolute Gasteiger partial charge is 0.458 e. The van der Waals surface area contributed by atoms with Crippen LogP contribution >= 0.6 is 0 Å². The minimum Gasteiger partial charge on any atom is -0.458 e. The normalized spacial score (nSPS) is 50.1. The maximum Gasteiger partial charge on any atom is 0.334 e. The third-order valence-electron chi connectivity index (χ3n) is 10.9. The van der Waals surface area contributed by atoms with Crippen molar-refractivity contribution < 1.29 is 34.4 Å². The first-order valence-corrected chi connectivity index (χ1v) is 13.2. The number of esters is 2. The van der Waals surface area contributed by atoms with Gasteiger partial charge in [0.2, 0.25) is 0 Å². The van der Waals surface area contributed by atoms with E-state index < -0.39 is 53.7 Å². The van der Waals surface area contributed by atoms with Gasteiger partial charge in [0.1, 0.15) is 12.2 Å². The molecule has 2 heterocycles. The van der Waals surface area contributed by atoms with E-state index in [4.69, 9.17) is 9.47 Å². The second-order valence-electron chi connectivity index (χ2n) is 12.2. The summed E-state index contributed by atoms with van der Waals surface area (Å²) in [5, 5.41) is 34.2. The molecule has 0 amide bonds. The number of allylic oxidation sites excluding steroid dienone is 2. The van der Waals surface area contributed by atoms with Gasteiger partial charge in [-0.2, -0.15) is 0 Å². The van der Waals surface area contributed by atoms with E-state index in [2.05, 4.69) is 26.3 Å². The quantitative estimate of drug-likeness (QED) is 0.291. The van der Waals surface area contributed by atoms with Gasteiger partial charge in [-0.3, -0.25) is 0 Å². The van der Waals surface area contributed by atoms with Crippen LogP contribution in [0.3, 0.4) is 0 Å². The molecule has 6 aliphatic rings. The zero-order valence-corrected chi connectivity index (χ0v) is 20.7. The maximum atomic E-state index is 12.7. The summed E-state index contributed by atoms with van der Waals surface area (Å²) in [6.07, 6.45) is 1.94. The summed E-state index contributed by atoms with van der Waals surface area (Å²) in [6.45, 7) is 16.4. The standard InChI is InChI=1S/C29H36O7/c1-13-5-7-17-15(3)26(32)35-24(17)22-19(13)11-20(31)29(22)10-9-28(34,12-30)23-21(29)14(2)6-8-18-16(4)27(33)36-25(18)23/h17-25,30-31,34H,1-12H2/t17-,18-,19-,20-,21-,22-,23-,24-,25-,28+,29-/m0/s1. The van der Waals surface area contributed by atoms with Gasteiger partial charge in [-0.15, -0.1) is 0 Å². The van der Waals surface area contributed by atoms with E-state index in [1.165, 1.54) is 0 Å². The average Bonchev–Trinajstić information content (AvgIpc) is 3.31. The molecule has 0 aromatic rings. The highest BCUT2D eigenvalue weighted by atomic mass is 16.6. The lowest BCUT2D eigenvalue weighted by Gasteiger charge is -2.58. The van der Waals surface area contributed by atoms with Crippen molar-refractivity contribution >= 4 is 11.9 Å². The second kappa shape index (κ2) is 7.89. The SMILES string of the molecule is C=C1C(=O)O[C@@H]2[C@@H]3[C@H](C(=C)CC[C@@H]12)[C@@]1(CC[C@@]3(O)CO)[C@@H]2[C@H]3OC(=O)C(=C)[C@@H]3CCC(=C)[C@@H]2C[C@@H]1O. The number of carbonyl (C=O) groups is 2. The molecule has 0 bridgehead atoms. The molecule has 0 unspecified atom stereocenters. The van der Waals surface area contributed by atoms with Gasteiger partial charge in [0.15, 0.2) is 0 Å². The molecule has 1 spiro atoms. The van der Waals surface area contributed by atoms with E-state index in [0.29, 0.717) is 36.8 Å². The number of ether oxygens (including phenoxy) is 2. The summed E-state index contributed by atoms with van der Waals surface area (Å²) < 4.78 is 11.9. The van der Waals surface area contributed by atoms with Crippen LogP contribution in [0.25, 0.3) is 0 Å². The fourth-order valence-corrected chi connectivity index (χ4v) is 9.23. The predicted octanol–water partition coefficient (Wildman–Crippen LogP) is 2.62. The van der Waals surface area contributed by atoms with E-state index in [1.807, 2.05) is 0 Å². The van der Waals surface area contributed by atoms with Crippen LogP contribution in [0.5, 0.6) is 0 Å². The summed E-state index contributed by atoms with van der Waals surface area (Å²) in [7, 11) is 0. The Hall–Kier alpha value is -2.22. The van der Waals surface area contributed by atoms with Crippen LogP contribution in [0.1, 0.15) is 44.9 Å². The van der Waals surface area contributed by atoms with Crippen LogP contribution < -0.4 is 0 Å². The number of hydrogen-bond acceptors (Lipinski definition) is 7. The van der Waals surface area contributed by atoms with Crippen LogP contribution in [-0.2, 0) is 19.1 Å². The Labute approximate surface area is 211 Å². The first kappa shape index (κ1) is 24.1. The molecule has 11 atom stereocenters. The Morgan fingerprint density at radius 2 is 1.39 bits per heavy atom. The van der Waals surface area contributed by atoms with Crippen molar-refractivity contribution in [3.63, 3.8) is 0 Å². The summed E-state index contributed by atoms with van der Waals surface area (Å²) >= 11 is 0. The molecule has 7 heteroatoms. The number of hydrogen-bond donors (Lipinski definition) is 3. The van der Waals surface area contributed by atoms with Gasteiger partial charge in [-0.05, 0) is 56.8 Å². The smallest absolute Gasteiger partial charge is 0.334 e. The molecule has 4 aliphatic carbocycles. The van der Waals surface area contributed by atoms with Crippen molar-refractivity contribution in [2.45, 2.75) is 68.9 Å². The third-order valence-corrected chi connectivity index (χ3v) is 10.9. The molecule has 0 radical (unpaired) electrons. The molecule has 2 saturated heterocycles. The van der Waals surface area contributed by atoms with Crippen LogP contribution in [-0.4, -0.2) is 57.8 Å². The van der Waals surface area contributed by atoms with Gasteiger partial charge in [-0.1, -0.05) is 37.5 Å². The Balaban J connectivity index is 1.54. The minimum atomic E-state index is -1.51. The summed E-state index contributed by atoms with van der Waals surface area (Å²) in [6, 6.07) is 0. The minimum absolute atomic E-state index is 0.0531. The maximum absolute atomic E-state index is 12.7. The van der Waals surface area contributed by atoms with Gasteiger partial charge in [0.25, 0.3) is 0 Å². The van der Waals surface area contributed by atoms with Crippen molar-refractivity contribution in [1.82, 2.24) is 0 Å². The van der Waals surface area contributed by atoms with E-state index in [1.54, 1.807) is 0 Å².